The molecule has 26 heavy (non-hydrogen) atoms. The van der Waals surface area contributed by atoms with Crippen molar-refractivity contribution < 1.29 is 13.6 Å². The number of carbonyl (C=O) groups is 1. The van der Waals surface area contributed by atoms with Gasteiger partial charge in [-0.15, -0.1) is 0 Å². The zero-order chi connectivity index (χ0) is 18.7. The monoisotopic (exact) mass is 365 g/mol. The number of rotatable bonds is 3. The second-order valence-corrected chi connectivity index (χ2v) is 8.15. The van der Waals surface area contributed by atoms with Gasteiger partial charge in [0.2, 0.25) is 0 Å². The fourth-order valence-electron chi connectivity index (χ4n) is 4.41. The minimum absolute atomic E-state index is 0.103. The Morgan fingerprint density at radius 1 is 1.15 bits per heavy atom. The van der Waals surface area contributed by atoms with E-state index in [1.54, 1.807) is 4.90 Å². The first-order chi connectivity index (χ1) is 12.4. The molecule has 1 aromatic carbocycles. The molecular formula is C20H29F2N3O. The Bertz CT molecular complexity index is 621. The first kappa shape index (κ1) is 19.1. The number of anilines is 1. The van der Waals surface area contributed by atoms with E-state index in [0.29, 0.717) is 19.0 Å². The summed E-state index contributed by atoms with van der Waals surface area (Å²) in [6.45, 7) is 9.40. The Kier molecular flexibility index (Phi) is 6.12. The summed E-state index contributed by atoms with van der Waals surface area (Å²) in [6, 6.07) is 2.73. The summed E-state index contributed by atoms with van der Waals surface area (Å²) in [5.41, 5.74) is -0.103. The van der Waals surface area contributed by atoms with Gasteiger partial charge in [0.25, 0.3) is 0 Å². The van der Waals surface area contributed by atoms with Crippen molar-refractivity contribution in [3.8, 4) is 0 Å². The molecule has 4 nitrogen and oxygen atoms in total. The summed E-state index contributed by atoms with van der Waals surface area (Å²) in [5, 5.41) is 2.49. The first-order valence-corrected chi connectivity index (χ1v) is 9.64. The quantitative estimate of drug-likeness (QED) is 0.872. The van der Waals surface area contributed by atoms with Crippen LogP contribution in [0.15, 0.2) is 18.2 Å². The number of hydrogen-bond donors (Lipinski definition) is 1. The normalized spacial score (nSPS) is 25.3. The lowest BCUT2D eigenvalue weighted by molar-refractivity contribution is 0.101. The number of urea groups is 1. The van der Waals surface area contributed by atoms with Gasteiger partial charge in [-0.25, -0.2) is 13.6 Å². The lowest BCUT2D eigenvalue weighted by atomic mass is 9.89. The van der Waals surface area contributed by atoms with Crippen LogP contribution in [0.5, 0.6) is 0 Å². The minimum Gasteiger partial charge on any atom is -0.325 e. The molecule has 0 saturated carbocycles. The zero-order valence-corrected chi connectivity index (χ0v) is 15.7. The van der Waals surface area contributed by atoms with Gasteiger partial charge in [0.1, 0.15) is 11.6 Å². The lowest BCUT2D eigenvalue weighted by Crippen LogP contribution is -2.46. The van der Waals surface area contributed by atoms with Crippen molar-refractivity contribution in [2.24, 2.45) is 17.8 Å². The molecule has 2 amide bonds. The van der Waals surface area contributed by atoms with E-state index in [0.717, 1.165) is 49.4 Å². The standard InChI is InChI=1S/C20H29F2N3O/c1-14-9-15(2)12-24(11-14)13-16-5-7-25(8-6-16)20(26)23-19-10-17(21)3-4-18(19)22/h3-4,10,14-16H,5-9,11-13H2,1-2H3,(H,23,26)/t14-,15+. The molecule has 3 rings (SSSR count). The van der Waals surface area contributed by atoms with Gasteiger partial charge in [-0.05, 0) is 49.1 Å². The van der Waals surface area contributed by atoms with Crippen LogP contribution in [-0.4, -0.2) is 48.6 Å². The zero-order valence-electron chi connectivity index (χ0n) is 15.7. The maximum atomic E-state index is 13.7. The maximum absolute atomic E-state index is 13.7. The van der Waals surface area contributed by atoms with E-state index in [9.17, 15) is 13.6 Å². The molecule has 2 aliphatic rings. The number of hydrogen-bond acceptors (Lipinski definition) is 2. The molecule has 6 heteroatoms. The number of halogens is 2. The van der Waals surface area contributed by atoms with Gasteiger partial charge in [-0.1, -0.05) is 13.8 Å². The van der Waals surface area contributed by atoms with Crippen LogP contribution >= 0.6 is 0 Å². The average molecular weight is 365 g/mol. The Balaban J connectivity index is 1.47. The number of likely N-dealkylation sites (tertiary alicyclic amines) is 2. The number of amides is 2. The van der Waals surface area contributed by atoms with Gasteiger partial charge in [-0.3, -0.25) is 0 Å². The van der Waals surface area contributed by atoms with E-state index < -0.39 is 11.6 Å². The van der Waals surface area contributed by atoms with Gasteiger partial charge in [0, 0.05) is 38.8 Å². The molecule has 1 N–H and O–H groups in total. The van der Waals surface area contributed by atoms with Crippen LogP contribution in [-0.2, 0) is 0 Å². The number of carbonyl (C=O) groups excluding carboxylic acids is 1. The highest BCUT2D eigenvalue weighted by atomic mass is 19.1. The number of nitrogens with one attached hydrogen (secondary N) is 1. The molecular weight excluding hydrogens is 336 g/mol. The minimum atomic E-state index is -0.622. The highest BCUT2D eigenvalue weighted by molar-refractivity contribution is 5.89. The topological polar surface area (TPSA) is 35.6 Å². The molecule has 144 valence electrons. The van der Waals surface area contributed by atoms with Crippen molar-refractivity contribution in [2.75, 3.05) is 38.0 Å². The third-order valence-electron chi connectivity index (χ3n) is 5.53. The fraction of sp³-hybridized carbons (Fsp3) is 0.650. The summed E-state index contributed by atoms with van der Waals surface area (Å²) >= 11 is 0. The Morgan fingerprint density at radius 3 is 2.46 bits per heavy atom. The molecule has 1 aromatic rings. The maximum Gasteiger partial charge on any atom is 0.321 e. The molecule has 0 unspecified atom stereocenters. The van der Waals surface area contributed by atoms with Gasteiger partial charge in [-0.2, -0.15) is 0 Å². The van der Waals surface area contributed by atoms with Gasteiger partial charge >= 0.3 is 6.03 Å². The fourth-order valence-corrected chi connectivity index (χ4v) is 4.41. The van der Waals surface area contributed by atoms with Crippen molar-refractivity contribution in [1.29, 1.82) is 0 Å². The molecule has 2 heterocycles. The predicted molar refractivity (Wildman–Crippen MR) is 99.1 cm³/mol. The second-order valence-electron chi connectivity index (χ2n) is 8.15. The Labute approximate surface area is 154 Å². The third-order valence-corrected chi connectivity index (χ3v) is 5.53. The van der Waals surface area contributed by atoms with E-state index in [1.165, 1.54) is 19.5 Å². The average Bonchev–Trinajstić information content (AvgIpc) is 2.58. The summed E-state index contributed by atoms with van der Waals surface area (Å²) in [7, 11) is 0. The molecule has 2 saturated heterocycles. The van der Waals surface area contributed by atoms with E-state index >= 15 is 0 Å². The van der Waals surface area contributed by atoms with Gasteiger partial charge < -0.3 is 15.1 Å². The van der Waals surface area contributed by atoms with Crippen LogP contribution in [0.25, 0.3) is 0 Å². The highest BCUT2D eigenvalue weighted by Gasteiger charge is 2.27. The van der Waals surface area contributed by atoms with Gasteiger partial charge in [0.15, 0.2) is 0 Å². The van der Waals surface area contributed by atoms with Crippen LogP contribution in [0, 0.1) is 29.4 Å². The lowest BCUT2D eigenvalue weighted by Gasteiger charge is -2.39. The molecule has 0 aromatic heterocycles. The first-order valence-electron chi connectivity index (χ1n) is 9.64. The summed E-state index contributed by atoms with van der Waals surface area (Å²) in [6.07, 6.45) is 3.22. The van der Waals surface area contributed by atoms with E-state index in [4.69, 9.17) is 0 Å². The summed E-state index contributed by atoms with van der Waals surface area (Å²) < 4.78 is 26.9. The summed E-state index contributed by atoms with van der Waals surface area (Å²) in [5.74, 6) is 0.924. The van der Waals surface area contributed by atoms with Crippen LogP contribution in [0.2, 0.25) is 0 Å². The number of benzene rings is 1. The van der Waals surface area contributed by atoms with Crippen molar-refractivity contribution in [3.63, 3.8) is 0 Å². The van der Waals surface area contributed by atoms with E-state index in [1.807, 2.05) is 0 Å². The molecule has 2 fully saturated rings. The summed E-state index contributed by atoms with van der Waals surface area (Å²) in [4.78, 5) is 16.6. The third kappa shape index (κ3) is 4.93. The van der Waals surface area contributed by atoms with Crippen molar-refractivity contribution in [1.82, 2.24) is 9.80 Å². The second kappa shape index (κ2) is 8.33. The van der Waals surface area contributed by atoms with Crippen LogP contribution in [0.4, 0.5) is 19.3 Å². The number of piperidine rings is 2. The highest BCUT2D eigenvalue weighted by Crippen LogP contribution is 2.25. The van der Waals surface area contributed by atoms with Crippen molar-refractivity contribution in [3.05, 3.63) is 29.8 Å². The van der Waals surface area contributed by atoms with Crippen LogP contribution in [0.3, 0.4) is 0 Å². The van der Waals surface area contributed by atoms with Crippen LogP contribution in [0.1, 0.15) is 33.1 Å². The molecule has 0 bridgehead atoms. The Hall–Kier alpha value is -1.69. The molecule has 0 radical (unpaired) electrons. The number of nitrogens with zero attached hydrogens (tertiary/aromatic N) is 2. The molecule has 0 spiro atoms. The van der Waals surface area contributed by atoms with Crippen LogP contribution < -0.4 is 5.32 Å². The van der Waals surface area contributed by atoms with Gasteiger partial charge in [0.05, 0.1) is 5.69 Å². The predicted octanol–water partition coefficient (Wildman–Crippen LogP) is 4.19. The van der Waals surface area contributed by atoms with Crippen molar-refractivity contribution in [2.45, 2.75) is 33.1 Å². The molecule has 0 aliphatic carbocycles. The van der Waals surface area contributed by atoms with Crippen molar-refractivity contribution >= 4 is 11.7 Å². The molecule has 2 aliphatic heterocycles. The smallest absolute Gasteiger partial charge is 0.321 e. The SMILES string of the molecule is C[C@@H]1C[C@H](C)CN(CC2CCN(C(=O)Nc3cc(F)ccc3F)CC2)C1. The Morgan fingerprint density at radius 2 is 1.81 bits per heavy atom. The molecule has 2 atom stereocenters. The largest absolute Gasteiger partial charge is 0.325 e. The van der Waals surface area contributed by atoms with E-state index in [2.05, 4.69) is 24.1 Å². The van der Waals surface area contributed by atoms with E-state index in [-0.39, 0.29) is 11.7 Å².